The number of nitrogens with one attached hydrogen (secondary N) is 2. The van der Waals surface area contributed by atoms with E-state index < -0.39 is 17.6 Å². The molecule has 1 atom stereocenters. The van der Waals surface area contributed by atoms with Crippen LogP contribution in [0.5, 0.6) is 0 Å². The molecule has 0 bridgehead atoms. The standard InChI is InChI=1S/C24H23F3N4O3/c25-24(26,27)23(6-7-23)29-22(33)19-13-15(5-8-28-19)11-16(32)10-14-3-4-17-18(12-14)30-31-21(17)20-2-1-9-34-20/h3-5,8,12-13,20H,1-2,6-7,9-11H2,(H,29,33)(H,30,31). The molecule has 2 N–H and O–H groups in total. The van der Waals surface area contributed by atoms with Crippen molar-refractivity contribution in [2.75, 3.05) is 6.61 Å². The van der Waals surface area contributed by atoms with E-state index in [1.807, 2.05) is 18.2 Å². The highest BCUT2D eigenvalue weighted by atomic mass is 19.4. The van der Waals surface area contributed by atoms with Gasteiger partial charge in [0.1, 0.15) is 17.0 Å². The molecule has 3 aromatic rings. The first kappa shape index (κ1) is 22.5. The van der Waals surface area contributed by atoms with E-state index in [0.29, 0.717) is 5.56 Å². The first-order chi connectivity index (χ1) is 16.2. The molecule has 10 heteroatoms. The molecular formula is C24H23F3N4O3. The maximum Gasteiger partial charge on any atom is 0.411 e. The second kappa shape index (κ2) is 8.50. The Morgan fingerprint density at radius 3 is 2.59 bits per heavy atom. The number of alkyl halides is 3. The Kier molecular flexibility index (Phi) is 5.63. The van der Waals surface area contributed by atoms with Crippen LogP contribution in [0.15, 0.2) is 36.5 Å². The van der Waals surface area contributed by atoms with E-state index in [4.69, 9.17) is 4.74 Å². The summed E-state index contributed by atoms with van der Waals surface area (Å²) in [5.41, 5.74) is 0.732. The molecule has 0 radical (unpaired) electrons. The van der Waals surface area contributed by atoms with Gasteiger partial charge in [-0.15, -0.1) is 0 Å². The van der Waals surface area contributed by atoms with Gasteiger partial charge in [0.15, 0.2) is 0 Å². The average molecular weight is 472 g/mol. The number of carbonyl (C=O) groups excluding carboxylic acids is 2. The molecule has 2 fully saturated rings. The summed E-state index contributed by atoms with van der Waals surface area (Å²) in [6.45, 7) is 0.735. The van der Waals surface area contributed by atoms with Crippen molar-refractivity contribution >= 4 is 22.6 Å². The molecule has 1 saturated carbocycles. The van der Waals surface area contributed by atoms with Crippen molar-refractivity contribution < 1.29 is 27.5 Å². The van der Waals surface area contributed by atoms with Gasteiger partial charge in [0, 0.05) is 31.0 Å². The number of amides is 1. The lowest BCUT2D eigenvalue weighted by atomic mass is 10.0. The van der Waals surface area contributed by atoms with Crippen LogP contribution < -0.4 is 5.32 Å². The van der Waals surface area contributed by atoms with Crippen LogP contribution in [0.4, 0.5) is 13.2 Å². The van der Waals surface area contributed by atoms with E-state index in [1.165, 1.54) is 12.3 Å². The monoisotopic (exact) mass is 472 g/mol. The minimum absolute atomic E-state index is 0.0153. The summed E-state index contributed by atoms with van der Waals surface area (Å²) in [5, 5.41) is 10.4. The molecule has 1 amide bonds. The van der Waals surface area contributed by atoms with E-state index >= 15 is 0 Å². The molecule has 34 heavy (non-hydrogen) atoms. The maximum atomic E-state index is 13.1. The number of ketones is 1. The van der Waals surface area contributed by atoms with Gasteiger partial charge in [-0.25, -0.2) is 0 Å². The van der Waals surface area contributed by atoms with Crippen molar-refractivity contribution in [3.8, 4) is 0 Å². The van der Waals surface area contributed by atoms with Crippen LogP contribution in [-0.2, 0) is 22.4 Å². The van der Waals surface area contributed by atoms with Gasteiger partial charge in [-0.05, 0) is 55.0 Å². The van der Waals surface area contributed by atoms with Gasteiger partial charge in [0.25, 0.3) is 5.91 Å². The Labute approximate surface area is 193 Å². The maximum absolute atomic E-state index is 13.1. The molecule has 3 heterocycles. The van der Waals surface area contributed by atoms with E-state index in [1.54, 1.807) is 6.07 Å². The molecule has 2 aromatic heterocycles. The normalized spacial score (nSPS) is 19.3. The summed E-state index contributed by atoms with van der Waals surface area (Å²) in [4.78, 5) is 28.9. The third-order valence-corrected chi connectivity index (χ3v) is 6.41. The predicted octanol–water partition coefficient (Wildman–Crippen LogP) is 3.99. The van der Waals surface area contributed by atoms with Crippen molar-refractivity contribution in [3.63, 3.8) is 0 Å². The van der Waals surface area contributed by atoms with E-state index in [9.17, 15) is 22.8 Å². The van der Waals surface area contributed by atoms with Crippen LogP contribution in [-0.4, -0.2) is 45.2 Å². The van der Waals surface area contributed by atoms with Crippen LogP contribution in [0.3, 0.4) is 0 Å². The second-order valence-corrected chi connectivity index (χ2v) is 8.97. The van der Waals surface area contributed by atoms with Crippen LogP contribution in [0.1, 0.15) is 59.1 Å². The molecule has 1 aromatic carbocycles. The number of hydrogen-bond donors (Lipinski definition) is 2. The van der Waals surface area contributed by atoms with Crippen molar-refractivity contribution in [2.45, 2.75) is 56.3 Å². The van der Waals surface area contributed by atoms with Gasteiger partial charge in [-0.3, -0.25) is 19.7 Å². The highest BCUT2D eigenvalue weighted by Gasteiger charge is 2.64. The molecule has 1 saturated heterocycles. The number of carbonyl (C=O) groups is 2. The van der Waals surface area contributed by atoms with Gasteiger partial charge < -0.3 is 10.1 Å². The summed E-state index contributed by atoms with van der Waals surface area (Å²) in [7, 11) is 0. The minimum Gasteiger partial charge on any atom is -0.372 e. The number of fused-ring (bicyclic) bond motifs is 1. The number of nitrogens with zero attached hydrogens (tertiary/aromatic N) is 2. The summed E-state index contributed by atoms with van der Waals surface area (Å²) in [6, 6.07) is 8.62. The number of rotatable bonds is 7. The third-order valence-electron chi connectivity index (χ3n) is 6.41. The number of ether oxygens (including phenoxy) is 1. The van der Waals surface area contributed by atoms with Crippen molar-refractivity contribution in [1.29, 1.82) is 0 Å². The van der Waals surface area contributed by atoms with Crippen LogP contribution in [0.2, 0.25) is 0 Å². The van der Waals surface area contributed by atoms with Crippen molar-refractivity contribution in [2.24, 2.45) is 0 Å². The molecule has 1 aliphatic carbocycles. The third kappa shape index (κ3) is 4.42. The fourth-order valence-electron chi connectivity index (χ4n) is 4.35. The average Bonchev–Trinajstić information content (AvgIpc) is 3.19. The number of aromatic amines is 1. The summed E-state index contributed by atoms with van der Waals surface area (Å²) in [6.07, 6.45) is -1.29. The molecule has 1 unspecified atom stereocenters. The Morgan fingerprint density at radius 1 is 1.15 bits per heavy atom. The number of aromatic nitrogens is 3. The predicted molar refractivity (Wildman–Crippen MR) is 116 cm³/mol. The molecule has 178 valence electrons. The number of halogens is 3. The first-order valence-corrected chi connectivity index (χ1v) is 11.2. The molecular weight excluding hydrogens is 449 g/mol. The zero-order valence-electron chi connectivity index (χ0n) is 18.2. The van der Waals surface area contributed by atoms with E-state index in [-0.39, 0.29) is 43.3 Å². The molecule has 1 aliphatic heterocycles. The molecule has 0 spiro atoms. The number of pyridine rings is 1. The van der Waals surface area contributed by atoms with Gasteiger partial charge in [0.05, 0.1) is 17.3 Å². The Morgan fingerprint density at radius 2 is 1.91 bits per heavy atom. The van der Waals surface area contributed by atoms with Gasteiger partial charge in [0.2, 0.25) is 0 Å². The fourth-order valence-corrected chi connectivity index (χ4v) is 4.35. The number of H-pyrrole nitrogens is 1. The van der Waals surface area contributed by atoms with Crippen LogP contribution >= 0.6 is 0 Å². The van der Waals surface area contributed by atoms with E-state index in [2.05, 4.69) is 20.5 Å². The van der Waals surface area contributed by atoms with E-state index in [0.717, 1.165) is 41.6 Å². The summed E-state index contributed by atoms with van der Waals surface area (Å²) >= 11 is 0. The largest absolute Gasteiger partial charge is 0.411 e. The zero-order valence-corrected chi connectivity index (χ0v) is 18.2. The topological polar surface area (TPSA) is 97.0 Å². The van der Waals surface area contributed by atoms with Gasteiger partial charge in [-0.2, -0.15) is 18.3 Å². The van der Waals surface area contributed by atoms with Crippen LogP contribution in [0, 0.1) is 0 Å². The quantitative estimate of drug-likeness (QED) is 0.542. The van der Waals surface area contributed by atoms with Gasteiger partial charge in [-0.1, -0.05) is 12.1 Å². The SMILES string of the molecule is O=C(Cc1ccnc(C(=O)NC2(C(F)(F)F)CC2)c1)Cc1ccc2c(C3CCCO3)[nH]nc2c1. The lowest BCUT2D eigenvalue weighted by molar-refractivity contribution is -0.163. The summed E-state index contributed by atoms with van der Waals surface area (Å²) in [5.74, 6) is -0.990. The lowest BCUT2D eigenvalue weighted by Crippen LogP contribution is -2.48. The first-order valence-electron chi connectivity index (χ1n) is 11.2. The Bertz CT molecular complexity index is 1240. The van der Waals surface area contributed by atoms with Crippen LogP contribution in [0.25, 0.3) is 10.9 Å². The smallest absolute Gasteiger partial charge is 0.372 e. The van der Waals surface area contributed by atoms with Gasteiger partial charge >= 0.3 is 6.18 Å². The Balaban J connectivity index is 1.23. The highest BCUT2D eigenvalue weighted by Crippen LogP contribution is 2.49. The van der Waals surface area contributed by atoms with Crippen molar-refractivity contribution in [1.82, 2.24) is 20.5 Å². The number of hydrogen-bond acceptors (Lipinski definition) is 5. The highest BCUT2D eigenvalue weighted by molar-refractivity contribution is 5.94. The Hall–Kier alpha value is -3.27. The summed E-state index contributed by atoms with van der Waals surface area (Å²) < 4.78 is 45.1. The lowest BCUT2D eigenvalue weighted by Gasteiger charge is -2.20. The number of Topliss-reactive ketones (excluding diaryl/α,β-unsaturated/α-hetero) is 1. The van der Waals surface area contributed by atoms with Crippen molar-refractivity contribution in [3.05, 3.63) is 59.0 Å². The molecule has 7 nitrogen and oxygen atoms in total. The molecule has 2 aliphatic rings. The second-order valence-electron chi connectivity index (χ2n) is 8.97. The minimum atomic E-state index is -4.50. The fraction of sp³-hybridized carbons (Fsp3) is 0.417. The molecule has 5 rings (SSSR count). The number of benzene rings is 1. The zero-order chi connectivity index (χ0) is 23.9.